The second-order valence-corrected chi connectivity index (χ2v) is 5.36. The molecule has 122 valence electrons. The highest BCUT2D eigenvalue weighted by Gasteiger charge is 2.10. The van der Waals surface area contributed by atoms with Crippen molar-refractivity contribution in [1.82, 2.24) is 15.5 Å². The van der Waals surface area contributed by atoms with Crippen molar-refractivity contribution in [3.8, 4) is 11.5 Å². The summed E-state index contributed by atoms with van der Waals surface area (Å²) in [6.45, 7) is 0.292. The number of hydrogen-bond acceptors (Lipinski definition) is 5. The van der Waals surface area contributed by atoms with E-state index >= 15 is 0 Å². The van der Waals surface area contributed by atoms with E-state index in [4.69, 9.17) is 20.8 Å². The van der Waals surface area contributed by atoms with Gasteiger partial charge in [-0.1, -0.05) is 41.9 Å². The number of carbonyl (C=O) groups is 1. The number of nitrogens with one attached hydrogen (secondary N) is 1. The average molecular weight is 344 g/mol. The number of aromatic nitrogens is 2. The van der Waals surface area contributed by atoms with Gasteiger partial charge in [0, 0.05) is 10.6 Å². The molecule has 0 aliphatic carbocycles. The van der Waals surface area contributed by atoms with Crippen LogP contribution in [0.25, 0.3) is 11.5 Å². The van der Waals surface area contributed by atoms with Crippen LogP contribution in [0.15, 0.2) is 59.0 Å². The van der Waals surface area contributed by atoms with Crippen molar-refractivity contribution in [2.24, 2.45) is 0 Å². The Hall–Kier alpha value is -2.86. The molecule has 0 radical (unpaired) electrons. The number of benzene rings is 2. The van der Waals surface area contributed by atoms with E-state index in [0.717, 1.165) is 11.1 Å². The van der Waals surface area contributed by atoms with Gasteiger partial charge in [-0.2, -0.15) is 0 Å². The molecule has 3 rings (SSSR count). The summed E-state index contributed by atoms with van der Waals surface area (Å²) in [5.41, 5.74) is 1.67. The number of amides is 1. The Morgan fingerprint density at radius 1 is 1.08 bits per heavy atom. The largest absolute Gasteiger partial charge is 0.445 e. The second-order valence-electron chi connectivity index (χ2n) is 4.92. The maximum absolute atomic E-state index is 11.7. The number of halogens is 1. The molecule has 1 aromatic heterocycles. The molecular formula is C17H14ClN3O3. The standard InChI is InChI=1S/C17H14ClN3O3/c18-14-8-6-13(7-9-14)16-21-20-15(24-16)10-19-17(22)23-11-12-4-2-1-3-5-12/h1-9H,10-11H2,(H,19,22). The molecule has 6 nitrogen and oxygen atoms in total. The first-order valence-electron chi connectivity index (χ1n) is 7.23. The summed E-state index contributed by atoms with van der Waals surface area (Å²) in [7, 11) is 0. The molecule has 0 fully saturated rings. The van der Waals surface area contributed by atoms with Crippen LogP contribution in [-0.2, 0) is 17.9 Å². The molecule has 0 aliphatic heterocycles. The number of carbonyl (C=O) groups excluding carboxylic acids is 1. The highest BCUT2D eigenvalue weighted by molar-refractivity contribution is 6.30. The fourth-order valence-corrected chi connectivity index (χ4v) is 2.08. The van der Waals surface area contributed by atoms with Gasteiger partial charge in [0.05, 0.1) is 6.54 Å². The first kappa shape index (κ1) is 16.0. The van der Waals surface area contributed by atoms with Crippen molar-refractivity contribution < 1.29 is 13.9 Å². The molecule has 1 amide bonds. The molecule has 1 N–H and O–H groups in total. The number of alkyl carbamates (subject to hydrolysis) is 1. The Balaban J connectivity index is 1.50. The number of hydrogen-bond donors (Lipinski definition) is 1. The molecule has 0 saturated carbocycles. The van der Waals surface area contributed by atoms with Crippen LogP contribution in [0, 0.1) is 0 Å². The third-order valence-electron chi connectivity index (χ3n) is 3.15. The van der Waals surface area contributed by atoms with Crippen molar-refractivity contribution in [1.29, 1.82) is 0 Å². The Kier molecular flexibility index (Phi) is 5.08. The molecule has 0 aliphatic rings. The smallest absolute Gasteiger partial charge is 0.407 e. The van der Waals surface area contributed by atoms with E-state index in [9.17, 15) is 4.79 Å². The number of ether oxygens (including phenoxy) is 1. The minimum absolute atomic E-state index is 0.0915. The van der Waals surface area contributed by atoms with Gasteiger partial charge in [-0.15, -0.1) is 10.2 Å². The third-order valence-corrected chi connectivity index (χ3v) is 3.41. The minimum atomic E-state index is -0.551. The van der Waals surface area contributed by atoms with Crippen LogP contribution in [0.3, 0.4) is 0 Å². The summed E-state index contributed by atoms with van der Waals surface area (Å²) >= 11 is 5.83. The zero-order valence-corrected chi connectivity index (χ0v) is 13.4. The molecule has 1 heterocycles. The Bertz CT molecular complexity index is 803. The van der Waals surface area contributed by atoms with Gasteiger partial charge in [-0.05, 0) is 29.8 Å². The first-order chi connectivity index (χ1) is 11.7. The maximum atomic E-state index is 11.7. The molecule has 3 aromatic rings. The van der Waals surface area contributed by atoms with E-state index in [2.05, 4.69) is 15.5 Å². The van der Waals surface area contributed by atoms with Crippen LogP contribution in [0.4, 0.5) is 4.79 Å². The highest BCUT2D eigenvalue weighted by Crippen LogP contribution is 2.20. The predicted octanol–water partition coefficient (Wildman–Crippen LogP) is 3.82. The van der Waals surface area contributed by atoms with Gasteiger partial charge >= 0.3 is 6.09 Å². The maximum Gasteiger partial charge on any atom is 0.407 e. The van der Waals surface area contributed by atoms with Gasteiger partial charge in [0.1, 0.15) is 6.61 Å². The summed E-state index contributed by atoms with van der Waals surface area (Å²) in [6, 6.07) is 16.5. The molecule has 0 bridgehead atoms. The zero-order chi connectivity index (χ0) is 16.8. The van der Waals surface area contributed by atoms with E-state index in [1.165, 1.54) is 0 Å². The van der Waals surface area contributed by atoms with Gasteiger partial charge < -0.3 is 14.5 Å². The molecule has 0 spiro atoms. The first-order valence-corrected chi connectivity index (χ1v) is 7.61. The molecule has 7 heteroatoms. The lowest BCUT2D eigenvalue weighted by atomic mass is 10.2. The van der Waals surface area contributed by atoms with E-state index in [1.807, 2.05) is 30.3 Å². The second kappa shape index (κ2) is 7.61. The van der Waals surface area contributed by atoms with E-state index in [0.29, 0.717) is 10.9 Å². The van der Waals surface area contributed by atoms with Gasteiger partial charge in [-0.25, -0.2) is 4.79 Å². The van der Waals surface area contributed by atoms with Crippen molar-refractivity contribution in [3.63, 3.8) is 0 Å². The van der Waals surface area contributed by atoms with Gasteiger partial charge in [0.2, 0.25) is 11.8 Å². The van der Waals surface area contributed by atoms with E-state index in [1.54, 1.807) is 24.3 Å². The Morgan fingerprint density at radius 3 is 2.58 bits per heavy atom. The Morgan fingerprint density at radius 2 is 1.83 bits per heavy atom. The minimum Gasteiger partial charge on any atom is -0.445 e. The summed E-state index contributed by atoms with van der Waals surface area (Å²) in [5.74, 6) is 0.651. The van der Waals surface area contributed by atoms with Gasteiger partial charge in [0.15, 0.2) is 0 Å². The molecule has 2 aromatic carbocycles. The number of rotatable bonds is 5. The normalized spacial score (nSPS) is 10.4. The van der Waals surface area contributed by atoms with Gasteiger partial charge in [-0.3, -0.25) is 0 Å². The van der Waals surface area contributed by atoms with Crippen molar-refractivity contribution in [3.05, 3.63) is 71.1 Å². The lowest BCUT2D eigenvalue weighted by molar-refractivity contribution is 0.138. The SMILES string of the molecule is O=C(NCc1nnc(-c2ccc(Cl)cc2)o1)OCc1ccccc1. The summed E-state index contributed by atoms with van der Waals surface area (Å²) in [4.78, 5) is 11.7. The molecule has 24 heavy (non-hydrogen) atoms. The topological polar surface area (TPSA) is 77.3 Å². The number of nitrogens with zero attached hydrogens (tertiary/aromatic N) is 2. The lowest BCUT2D eigenvalue weighted by Gasteiger charge is -2.05. The summed E-state index contributed by atoms with van der Waals surface area (Å²) < 4.78 is 10.6. The quantitative estimate of drug-likeness (QED) is 0.762. The van der Waals surface area contributed by atoms with Gasteiger partial charge in [0.25, 0.3) is 0 Å². The van der Waals surface area contributed by atoms with Crippen LogP contribution >= 0.6 is 11.6 Å². The predicted molar refractivity (Wildman–Crippen MR) is 88.2 cm³/mol. The van der Waals surface area contributed by atoms with Crippen molar-refractivity contribution >= 4 is 17.7 Å². The van der Waals surface area contributed by atoms with Crippen molar-refractivity contribution in [2.45, 2.75) is 13.2 Å². The highest BCUT2D eigenvalue weighted by atomic mass is 35.5. The molecular weight excluding hydrogens is 330 g/mol. The third kappa shape index (κ3) is 4.33. The van der Waals surface area contributed by atoms with E-state index in [-0.39, 0.29) is 19.0 Å². The van der Waals surface area contributed by atoms with Crippen LogP contribution in [0.1, 0.15) is 11.5 Å². The summed E-state index contributed by atoms with van der Waals surface area (Å²) in [6.07, 6.45) is -0.551. The molecule has 0 saturated heterocycles. The monoisotopic (exact) mass is 343 g/mol. The molecule has 0 unspecified atom stereocenters. The Labute approximate surface area is 143 Å². The van der Waals surface area contributed by atoms with Crippen molar-refractivity contribution in [2.75, 3.05) is 0 Å². The van der Waals surface area contributed by atoms with Crippen LogP contribution < -0.4 is 5.32 Å². The fraction of sp³-hybridized carbons (Fsp3) is 0.118. The van der Waals surface area contributed by atoms with E-state index < -0.39 is 6.09 Å². The fourth-order valence-electron chi connectivity index (χ4n) is 1.96. The van der Waals surface area contributed by atoms with Crippen LogP contribution in [-0.4, -0.2) is 16.3 Å². The average Bonchev–Trinajstić information content (AvgIpc) is 3.09. The lowest BCUT2D eigenvalue weighted by Crippen LogP contribution is -2.23. The van der Waals surface area contributed by atoms with Crippen LogP contribution in [0.5, 0.6) is 0 Å². The molecule has 0 atom stereocenters. The summed E-state index contributed by atoms with van der Waals surface area (Å²) in [5, 5.41) is 11.0. The van der Waals surface area contributed by atoms with Crippen LogP contribution in [0.2, 0.25) is 5.02 Å². The zero-order valence-electron chi connectivity index (χ0n) is 12.6.